The van der Waals surface area contributed by atoms with Crippen molar-refractivity contribution in [2.75, 3.05) is 36.0 Å². The molecule has 130 valence electrons. The summed E-state index contributed by atoms with van der Waals surface area (Å²) in [5.74, 6) is 0. The normalized spacial score (nSPS) is 24.2. The van der Waals surface area contributed by atoms with Crippen LogP contribution < -0.4 is 9.80 Å². The zero-order valence-electron chi connectivity index (χ0n) is 13.8. The van der Waals surface area contributed by atoms with Crippen LogP contribution in [0.4, 0.5) is 21.9 Å². The number of benzene rings is 1. The van der Waals surface area contributed by atoms with E-state index in [-0.39, 0.29) is 24.5 Å². The molecule has 2 saturated heterocycles. The van der Waals surface area contributed by atoms with E-state index in [9.17, 15) is 14.9 Å². The number of morpholine rings is 1. The minimum absolute atomic E-state index is 0.0400. The van der Waals surface area contributed by atoms with E-state index in [4.69, 9.17) is 9.47 Å². The largest absolute Gasteiger partial charge is 0.447 e. The number of hydrogen-bond donors (Lipinski definition) is 0. The van der Waals surface area contributed by atoms with Crippen LogP contribution >= 0.6 is 0 Å². The molecule has 0 aliphatic carbocycles. The number of anilines is 2. The van der Waals surface area contributed by atoms with Crippen LogP contribution in [0.1, 0.15) is 20.3 Å². The van der Waals surface area contributed by atoms with E-state index < -0.39 is 11.0 Å². The van der Waals surface area contributed by atoms with Crippen molar-refractivity contribution in [3.05, 3.63) is 28.3 Å². The van der Waals surface area contributed by atoms with E-state index in [1.165, 1.54) is 17.0 Å². The minimum Gasteiger partial charge on any atom is -0.447 e. The maximum Gasteiger partial charge on any atom is 0.414 e. The summed E-state index contributed by atoms with van der Waals surface area (Å²) in [5.41, 5.74) is 1.28. The molecule has 0 saturated carbocycles. The highest BCUT2D eigenvalue weighted by molar-refractivity contribution is 5.94. The fourth-order valence-electron chi connectivity index (χ4n) is 3.19. The lowest BCUT2D eigenvalue weighted by molar-refractivity contribution is -0.384. The van der Waals surface area contributed by atoms with Crippen molar-refractivity contribution in [3.8, 4) is 0 Å². The number of cyclic esters (lactones) is 1. The van der Waals surface area contributed by atoms with E-state index in [2.05, 4.69) is 11.8 Å². The number of non-ortho nitro benzene ring substituents is 1. The van der Waals surface area contributed by atoms with Gasteiger partial charge in [0.05, 0.1) is 35.1 Å². The van der Waals surface area contributed by atoms with Crippen molar-refractivity contribution in [2.45, 2.75) is 32.5 Å². The van der Waals surface area contributed by atoms with Crippen molar-refractivity contribution in [2.24, 2.45) is 0 Å². The maximum atomic E-state index is 12.0. The summed E-state index contributed by atoms with van der Waals surface area (Å²) in [6, 6.07) is 4.63. The van der Waals surface area contributed by atoms with Gasteiger partial charge in [-0.3, -0.25) is 15.0 Å². The van der Waals surface area contributed by atoms with Crippen molar-refractivity contribution >= 4 is 23.2 Å². The Morgan fingerprint density at radius 1 is 1.33 bits per heavy atom. The number of nitro benzene ring substituents is 1. The molecule has 2 aliphatic rings. The predicted octanol–water partition coefficient (Wildman–Crippen LogP) is 2.56. The van der Waals surface area contributed by atoms with Gasteiger partial charge in [0.15, 0.2) is 0 Å². The molecule has 0 spiro atoms. The lowest BCUT2D eigenvalue weighted by Crippen LogP contribution is -2.47. The van der Waals surface area contributed by atoms with Gasteiger partial charge >= 0.3 is 6.09 Å². The van der Waals surface area contributed by atoms with E-state index in [1.807, 2.05) is 6.92 Å². The smallest absolute Gasteiger partial charge is 0.414 e. The Morgan fingerprint density at radius 3 is 2.75 bits per heavy atom. The highest BCUT2D eigenvalue weighted by atomic mass is 16.6. The second-order valence-corrected chi connectivity index (χ2v) is 6.08. The van der Waals surface area contributed by atoms with E-state index >= 15 is 0 Å². The minimum atomic E-state index is -0.468. The van der Waals surface area contributed by atoms with Gasteiger partial charge in [-0.25, -0.2) is 4.79 Å². The average Bonchev–Trinajstić information content (AvgIpc) is 2.99. The summed E-state index contributed by atoms with van der Waals surface area (Å²) in [5, 5.41) is 11.1. The summed E-state index contributed by atoms with van der Waals surface area (Å²) in [6.45, 7) is 6.11. The Labute approximate surface area is 140 Å². The molecule has 0 radical (unpaired) electrons. The standard InChI is InChI=1S/C16H21N3O5/c1-3-13-10-17(9-11(2)24-13)14-5-4-12(19(21)22)8-15(14)18-6-7-23-16(18)20/h4-5,8,11,13H,3,6-7,9-10H2,1-2H3. The SMILES string of the molecule is CCC1CN(c2ccc([N+](=O)[O-])cc2N2CCOC2=O)CC(C)O1. The molecule has 24 heavy (non-hydrogen) atoms. The zero-order chi connectivity index (χ0) is 17.3. The van der Waals surface area contributed by atoms with Crippen molar-refractivity contribution in [1.82, 2.24) is 0 Å². The van der Waals surface area contributed by atoms with Crippen molar-refractivity contribution < 1.29 is 19.2 Å². The quantitative estimate of drug-likeness (QED) is 0.621. The van der Waals surface area contributed by atoms with Gasteiger partial charge in [-0.1, -0.05) is 6.92 Å². The topological polar surface area (TPSA) is 85.1 Å². The number of nitro groups is 1. The molecule has 1 aromatic rings. The van der Waals surface area contributed by atoms with Gasteiger partial charge in [0.25, 0.3) is 5.69 Å². The Bertz CT molecular complexity index is 651. The fraction of sp³-hybridized carbons (Fsp3) is 0.562. The highest BCUT2D eigenvalue weighted by Crippen LogP contribution is 2.36. The van der Waals surface area contributed by atoms with Crippen LogP contribution in [0.15, 0.2) is 18.2 Å². The van der Waals surface area contributed by atoms with Crippen LogP contribution in [0.3, 0.4) is 0 Å². The molecule has 1 amide bonds. The molecular weight excluding hydrogens is 314 g/mol. The monoisotopic (exact) mass is 335 g/mol. The first-order chi connectivity index (χ1) is 11.5. The van der Waals surface area contributed by atoms with Crippen molar-refractivity contribution in [1.29, 1.82) is 0 Å². The third-order valence-electron chi connectivity index (χ3n) is 4.34. The number of rotatable bonds is 4. The van der Waals surface area contributed by atoms with Crippen LogP contribution in [0, 0.1) is 10.1 Å². The molecular formula is C16H21N3O5. The number of carbonyl (C=O) groups is 1. The van der Waals surface area contributed by atoms with E-state index in [1.54, 1.807) is 6.07 Å². The van der Waals surface area contributed by atoms with Gasteiger partial charge in [-0.05, 0) is 19.4 Å². The average molecular weight is 335 g/mol. The van der Waals surface area contributed by atoms with Crippen LogP contribution in [-0.2, 0) is 9.47 Å². The molecule has 1 aromatic carbocycles. The van der Waals surface area contributed by atoms with Crippen LogP contribution in [0.25, 0.3) is 0 Å². The second-order valence-electron chi connectivity index (χ2n) is 6.08. The van der Waals surface area contributed by atoms with Crippen molar-refractivity contribution in [3.63, 3.8) is 0 Å². The molecule has 0 N–H and O–H groups in total. The summed E-state index contributed by atoms with van der Waals surface area (Å²) in [4.78, 5) is 26.2. The van der Waals surface area contributed by atoms with Crippen LogP contribution in [0.5, 0.6) is 0 Å². The molecule has 2 heterocycles. The van der Waals surface area contributed by atoms with Crippen LogP contribution in [-0.4, -0.2) is 49.5 Å². The number of hydrogen-bond acceptors (Lipinski definition) is 6. The molecule has 8 heteroatoms. The first-order valence-electron chi connectivity index (χ1n) is 8.12. The van der Waals surface area contributed by atoms with E-state index in [0.717, 1.165) is 12.1 Å². The lowest BCUT2D eigenvalue weighted by Gasteiger charge is -2.39. The molecule has 2 atom stereocenters. The maximum absolute atomic E-state index is 12.0. The molecule has 0 aromatic heterocycles. The number of amides is 1. The Morgan fingerprint density at radius 2 is 2.12 bits per heavy atom. The Balaban J connectivity index is 1.99. The molecule has 0 bridgehead atoms. The number of nitrogens with zero attached hydrogens (tertiary/aromatic N) is 3. The van der Waals surface area contributed by atoms with E-state index in [0.29, 0.717) is 25.3 Å². The Kier molecular flexibility index (Phi) is 4.57. The lowest BCUT2D eigenvalue weighted by atomic mass is 10.1. The molecule has 2 aliphatic heterocycles. The first-order valence-corrected chi connectivity index (χ1v) is 8.12. The molecule has 2 unspecified atom stereocenters. The van der Waals surface area contributed by atoms with Gasteiger partial charge in [-0.2, -0.15) is 0 Å². The molecule has 3 rings (SSSR count). The van der Waals surface area contributed by atoms with Gasteiger partial charge in [0, 0.05) is 25.2 Å². The number of ether oxygens (including phenoxy) is 2. The van der Waals surface area contributed by atoms with Gasteiger partial charge < -0.3 is 14.4 Å². The summed E-state index contributed by atoms with van der Waals surface area (Å²) in [7, 11) is 0. The summed E-state index contributed by atoms with van der Waals surface area (Å²) < 4.78 is 10.9. The Hall–Kier alpha value is -2.35. The zero-order valence-corrected chi connectivity index (χ0v) is 13.8. The predicted molar refractivity (Wildman–Crippen MR) is 88.6 cm³/mol. The van der Waals surface area contributed by atoms with Crippen LogP contribution in [0.2, 0.25) is 0 Å². The fourth-order valence-corrected chi connectivity index (χ4v) is 3.19. The molecule has 8 nitrogen and oxygen atoms in total. The third kappa shape index (κ3) is 3.14. The summed E-state index contributed by atoms with van der Waals surface area (Å²) in [6.07, 6.45) is 0.569. The molecule has 2 fully saturated rings. The van der Waals surface area contributed by atoms with Gasteiger partial charge in [-0.15, -0.1) is 0 Å². The summed E-state index contributed by atoms with van der Waals surface area (Å²) >= 11 is 0. The highest BCUT2D eigenvalue weighted by Gasteiger charge is 2.32. The first kappa shape index (κ1) is 16.5. The van der Waals surface area contributed by atoms with Gasteiger partial charge in [0.1, 0.15) is 6.61 Å². The van der Waals surface area contributed by atoms with Gasteiger partial charge in [0.2, 0.25) is 0 Å². The third-order valence-corrected chi connectivity index (χ3v) is 4.34. The second kappa shape index (κ2) is 6.64. The number of carbonyl (C=O) groups excluding carboxylic acids is 1.